The predicted octanol–water partition coefficient (Wildman–Crippen LogP) is 6.17. The molecular formula is C27H30ClFN2O3S. The molecular weight excluding hydrogens is 487 g/mol. The summed E-state index contributed by atoms with van der Waals surface area (Å²) in [6, 6.07) is 12.4. The van der Waals surface area contributed by atoms with Gasteiger partial charge in [0, 0.05) is 35.3 Å². The number of hydrogen-bond donors (Lipinski definition) is 1. The molecule has 1 aliphatic rings. The number of piperidine rings is 1. The Hall–Kier alpha value is -2.35. The van der Waals surface area contributed by atoms with Gasteiger partial charge in [-0.05, 0) is 80.1 Å². The number of fused-ring (bicyclic) bond motifs is 1. The Bertz CT molecular complexity index is 1180. The van der Waals surface area contributed by atoms with E-state index < -0.39 is 5.97 Å². The Balaban J connectivity index is 1.32. The number of carboxylic acid groups (broad SMARTS) is 1. The summed E-state index contributed by atoms with van der Waals surface area (Å²) in [6.07, 6.45) is 5.01. The maximum Gasteiger partial charge on any atom is 0.308 e. The number of likely N-dealkylation sites (tertiary alicyclic amines) is 1. The van der Waals surface area contributed by atoms with Gasteiger partial charge in [-0.1, -0.05) is 17.7 Å². The smallest absolute Gasteiger partial charge is 0.308 e. The molecule has 186 valence electrons. The van der Waals surface area contributed by atoms with Crippen LogP contribution in [-0.4, -0.2) is 53.5 Å². The number of benzene rings is 2. The van der Waals surface area contributed by atoms with Crippen LogP contribution in [-0.2, 0) is 11.2 Å². The van der Waals surface area contributed by atoms with Gasteiger partial charge >= 0.3 is 5.97 Å². The Labute approximate surface area is 214 Å². The fourth-order valence-corrected chi connectivity index (χ4v) is 6.07. The van der Waals surface area contributed by atoms with Gasteiger partial charge in [-0.15, -0.1) is 11.8 Å². The summed E-state index contributed by atoms with van der Waals surface area (Å²) in [5.74, 6) is 0.360. The van der Waals surface area contributed by atoms with E-state index >= 15 is 0 Å². The zero-order chi connectivity index (χ0) is 24.8. The van der Waals surface area contributed by atoms with Crippen molar-refractivity contribution < 1.29 is 19.0 Å². The van der Waals surface area contributed by atoms with E-state index in [2.05, 4.69) is 9.88 Å². The highest BCUT2D eigenvalue weighted by molar-refractivity contribution is 7.99. The first-order chi connectivity index (χ1) is 16.9. The normalized spacial score (nSPS) is 18.6. The van der Waals surface area contributed by atoms with Gasteiger partial charge in [0.2, 0.25) is 0 Å². The van der Waals surface area contributed by atoms with Crippen molar-refractivity contribution in [2.45, 2.75) is 30.6 Å². The van der Waals surface area contributed by atoms with Gasteiger partial charge in [0.1, 0.15) is 11.6 Å². The lowest BCUT2D eigenvalue weighted by Crippen LogP contribution is -2.44. The molecule has 2 heterocycles. The molecule has 35 heavy (non-hydrogen) atoms. The second kappa shape index (κ2) is 12.1. The van der Waals surface area contributed by atoms with E-state index in [-0.39, 0.29) is 17.7 Å². The van der Waals surface area contributed by atoms with E-state index in [0.29, 0.717) is 11.6 Å². The molecule has 4 rings (SSSR count). The minimum atomic E-state index is -0.727. The summed E-state index contributed by atoms with van der Waals surface area (Å²) in [4.78, 5) is 19.6. The van der Waals surface area contributed by atoms with Crippen molar-refractivity contribution in [2.75, 3.05) is 32.5 Å². The fraction of sp³-hybridized carbons (Fsp3) is 0.407. The summed E-state index contributed by atoms with van der Waals surface area (Å²) in [5, 5.41) is 11.5. The van der Waals surface area contributed by atoms with Gasteiger partial charge in [0.25, 0.3) is 0 Å². The van der Waals surface area contributed by atoms with Crippen LogP contribution in [0.15, 0.2) is 53.6 Å². The highest BCUT2D eigenvalue weighted by Crippen LogP contribution is 2.32. The Morgan fingerprint density at radius 2 is 2.17 bits per heavy atom. The fourth-order valence-electron chi connectivity index (χ4n) is 4.87. The lowest BCUT2D eigenvalue weighted by Gasteiger charge is -2.36. The predicted molar refractivity (Wildman–Crippen MR) is 139 cm³/mol. The van der Waals surface area contributed by atoms with Crippen molar-refractivity contribution in [1.82, 2.24) is 9.88 Å². The van der Waals surface area contributed by atoms with Crippen molar-refractivity contribution in [2.24, 2.45) is 11.8 Å². The third-order valence-corrected chi connectivity index (χ3v) is 8.07. The number of carbonyl (C=O) groups is 1. The zero-order valence-electron chi connectivity index (χ0n) is 19.8. The van der Waals surface area contributed by atoms with Crippen LogP contribution >= 0.6 is 23.4 Å². The summed E-state index contributed by atoms with van der Waals surface area (Å²) in [6.45, 7) is 2.23. The number of pyridine rings is 1. The lowest BCUT2D eigenvalue weighted by atomic mass is 9.81. The minimum Gasteiger partial charge on any atom is -0.497 e. The molecule has 1 aromatic heterocycles. The first-order valence-corrected chi connectivity index (χ1v) is 13.3. The standard InChI is InChI=1S/C27H30ClFN2O3S/c1-34-20-8-9-26-23(15-20)22(25(28)16-30-26)7-2-4-18-10-11-31(17-24(18)27(32)33)12-13-35-21-6-3-5-19(29)14-21/h3,5-6,8-9,14-16,18,24H,2,4,7,10-13,17H2,1H3,(H,32,33)/t18-,24+/m0/s1. The number of methoxy groups -OCH3 is 1. The van der Waals surface area contributed by atoms with Gasteiger partial charge in [0.05, 0.1) is 23.6 Å². The number of rotatable bonds is 10. The van der Waals surface area contributed by atoms with Crippen molar-refractivity contribution in [3.05, 3.63) is 65.1 Å². The topological polar surface area (TPSA) is 62.7 Å². The average molecular weight is 517 g/mol. The van der Waals surface area contributed by atoms with Crippen molar-refractivity contribution >= 4 is 40.2 Å². The minimum absolute atomic E-state index is 0.140. The number of ether oxygens (including phenoxy) is 1. The Morgan fingerprint density at radius 3 is 2.94 bits per heavy atom. The number of nitrogens with zero attached hydrogens (tertiary/aromatic N) is 2. The van der Waals surface area contributed by atoms with Crippen LogP contribution in [0.4, 0.5) is 4.39 Å². The van der Waals surface area contributed by atoms with Gasteiger partial charge in [-0.3, -0.25) is 9.78 Å². The molecule has 0 radical (unpaired) electrons. The largest absolute Gasteiger partial charge is 0.497 e. The molecule has 2 aromatic carbocycles. The van der Waals surface area contributed by atoms with E-state index in [1.807, 2.05) is 24.3 Å². The number of aliphatic carboxylic acids is 1. The highest BCUT2D eigenvalue weighted by atomic mass is 35.5. The molecule has 1 N–H and O–H groups in total. The number of aryl methyl sites for hydroxylation is 1. The van der Waals surface area contributed by atoms with Crippen molar-refractivity contribution in [3.63, 3.8) is 0 Å². The van der Waals surface area contributed by atoms with Crippen LogP contribution in [0.2, 0.25) is 5.02 Å². The molecule has 0 aliphatic carbocycles. The highest BCUT2D eigenvalue weighted by Gasteiger charge is 2.33. The second-order valence-corrected chi connectivity index (χ2v) is 10.5. The first kappa shape index (κ1) is 25.7. The summed E-state index contributed by atoms with van der Waals surface area (Å²) >= 11 is 8.09. The molecule has 1 aliphatic heterocycles. The molecule has 3 aromatic rings. The summed E-state index contributed by atoms with van der Waals surface area (Å²) < 4.78 is 18.7. The number of thioether (sulfide) groups is 1. The Kier molecular flexibility index (Phi) is 8.87. The van der Waals surface area contributed by atoms with E-state index in [9.17, 15) is 14.3 Å². The van der Waals surface area contributed by atoms with E-state index in [4.69, 9.17) is 16.3 Å². The molecule has 1 fully saturated rings. The van der Waals surface area contributed by atoms with E-state index in [1.54, 1.807) is 31.1 Å². The van der Waals surface area contributed by atoms with Crippen LogP contribution < -0.4 is 4.74 Å². The number of aromatic nitrogens is 1. The summed E-state index contributed by atoms with van der Waals surface area (Å²) in [5.41, 5.74) is 1.91. The van der Waals surface area contributed by atoms with Gasteiger partial charge < -0.3 is 14.7 Å². The van der Waals surface area contributed by atoms with E-state index in [0.717, 1.165) is 71.6 Å². The van der Waals surface area contributed by atoms with Crippen molar-refractivity contribution in [3.8, 4) is 5.75 Å². The molecule has 0 unspecified atom stereocenters. The average Bonchev–Trinajstić information content (AvgIpc) is 2.85. The van der Waals surface area contributed by atoms with E-state index in [1.165, 1.54) is 12.1 Å². The van der Waals surface area contributed by atoms with Crippen molar-refractivity contribution in [1.29, 1.82) is 0 Å². The molecule has 2 atom stereocenters. The molecule has 0 spiro atoms. The quantitative estimate of drug-likeness (QED) is 0.325. The van der Waals surface area contributed by atoms with Gasteiger partial charge in [-0.25, -0.2) is 4.39 Å². The van der Waals surface area contributed by atoms with Crippen LogP contribution in [0.25, 0.3) is 10.9 Å². The van der Waals surface area contributed by atoms with Gasteiger partial charge in [-0.2, -0.15) is 0 Å². The SMILES string of the molecule is COc1ccc2ncc(Cl)c(CCC[C@H]3CCN(CCSc4cccc(F)c4)C[C@H]3C(=O)O)c2c1. The van der Waals surface area contributed by atoms with Gasteiger partial charge in [0.15, 0.2) is 0 Å². The lowest BCUT2D eigenvalue weighted by molar-refractivity contribution is -0.146. The number of hydrogen-bond acceptors (Lipinski definition) is 5. The second-order valence-electron chi connectivity index (χ2n) is 8.96. The molecule has 0 bridgehead atoms. The Morgan fingerprint density at radius 1 is 1.31 bits per heavy atom. The maximum atomic E-state index is 13.4. The monoisotopic (exact) mass is 516 g/mol. The first-order valence-electron chi connectivity index (χ1n) is 11.9. The third kappa shape index (κ3) is 6.66. The maximum absolute atomic E-state index is 13.4. The van der Waals surface area contributed by atoms with Crippen LogP contribution in [0, 0.1) is 17.7 Å². The number of carboxylic acids is 1. The van der Waals surface area contributed by atoms with Crippen LogP contribution in [0.3, 0.4) is 0 Å². The molecule has 8 heteroatoms. The molecule has 5 nitrogen and oxygen atoms in total. The number of halogens is 2. The zero-order valence-corrected chi connectivity index (χ0v) is 21.3. The third-order valence-electron chi connectivity index (χ3n) is 6.77. The van der Waals surface area contributed by atoms with Crippen LogP contribution in [0.5, 0.6) is 5.75 Å². The summed E-state index contributed by atoms with van der Waals surface area (Å²) in [7, 11) is 1.64. The molecule has 0 saturated carbocycles. The van der Waals surface area contributed by atoms with Crippen LogP contribution in [0.1, 0.15) is 24.8 Å². The molecule has 0 amide bonds. The molecule has 1 saturated heterocycles.